The standard InChI is InChI=1S/C15H20N2O3/c1-3-9-17(11-14(18)19)15(20)16-12(2)10-13-7-5-4-6-8-13/h3-8,12H,1,9-11H2,2H3,(H,16,20)(H,18,19). The summed E-state index contributed by atoms with van der Waals surface area (Å²) in [6, 6.07) is 9.33. The summed E-state index contributed by atoms with van der Waals surface area (Å²) in [5, 5.41) is 11.6. The molecule has 0 aliphatic rings. The van der Waals surface area contributed by atoms with Crippen LogP contribution in [0.2, 0.25) is 0 Å². The fourth-order valence-electron chi connectivity index (χ4n) is 1.86. The van der Waals surface area contributed by atoms with Crippen molar-refractivity contribution in [1.29, 1.82) is 0 Å². The van der Waals surface area contributed by atoms with Crippen molar-refractivity contribution in [3.05, 3.63) is 48.6 Å². The number of carboxylic acid groups (broad SMARTS) is 1. The summed E-state index contributed by atoms with van der Waals surface area (Å²) < 4.78 is 0. The molecule has 1 atom stereocenters. The summed E-state index contributed by atoms with van der Waals surface area (Å²) in [5.74, 6) is -1.04. The van der Waals surface area contributed by atoms with Crippen LogP contribution >= 0.6 is 0 Å². The Morgan fingerprint density at radius 2 is 2.05 bits per heavy atom. The Bertz CT molecular complexity index is 459. The molecule has 0 saturated heterocycles. The van der Waals surface area contributed by atoms with Crippen molar-refractivity contribution in [3.8, 4) is 0 Å². The van der Waals surface area contributed by atoms with Gasteiger partial charge in [0.15, 0.2) is 0 Å². The Morgan fingerprint density at radius 3 is 2.60 bits per heavy atom. The maximum Gasteiger partial charge on any atom is 0.323 e. The van der Waals surface area contributed by atoms with Crippen molar-refractivity contribution in [2.75, 3.05) is 13.1 Å². The van der Waals surface area contributed by atoms with Crippen LogP contribution in [0.1, 0.15) is 12.5 Å². The van der Waals surface area contributed by atoms with Crippen molar-refractivity contribution in [2.45, 2.75) is 19.4 Å². The lowest BCUT2D eigenvalue weighted by molar-refractivity contribution is -0.137. The molecular weight excluding hydrogens is 256 g/mol. The molecule has 5 nitrogen and oxygen atoms in total. The van der Waals surface area contributed by atoms with Gasteiger partial charge in [-0.15, -0.1) is 6.58 Å². The Kier molecular flexibility index (Phi) is 6.29. The van der Waals surface area contributed by atoms with Gasteiger partial charge in [-0.05, 0) is 18.9 Å². The number of nitrogens with one attached hydrogen (secondary N) is 1. The van der Waals surface area contributed by atoms with Gasteiger partial charge in [0.2, 0.25) is 0 Å². The second-order valence-corrected chi connectivity index (χ2v) is 4.60. The molecule has 0 fully saturated rings. The molecule has 1 rings (SSSR count). The first-order valence-electron chi connectivity index (χ1n) is 6.45. The van der Waals surface area contributed by atoms with E-state index in [1.54, 1.807) is 0 Å². The second-order valence-electron chi connectivity index (χ2n) is 4.60. The molecule has 0 aliphatic carbocycles. The Morgan fingerprint density at radius 1 is 1.40 bits per heavy atom. The Balaban J connectivity index is 2.54. The number of carbonyl (C=O) groups excluding carboxylic acids is 1. The number of benzene rings is 1. The highest BCUT2D eigenvalue weighted by molar-refractivity contribution is 5.80. The van der Waals surface area contributed by atoms with Crippen molar-refractivity contribution in [1.82, 2.24) is 10.2 Å². The third-order valence-corrected chi connectivity index (χ3v) is 2.72. The first kappa shape index (κ1) is 15.8. The SMILES string of the molecule is C=CCN(CC(=O)O)C(=O)NC(C)Cc1ccccc1. The van der Waals surface area contributed by atoms with E-state index in [1.165, 1.54) is 11.0 Å². The van der Waals surface area contributed by atoms with Crippen molar-refractivity contribution < 1.29 is 14.7 Å². The van der Waals surface area contributed by atoms with E-state index in [0.717, 1.165) is 5.56 Å². The lowest BCUT2D eigenvalue weighted by atomic mass is 10.1. The lowest BCUT2D eigenvalue weighted by Gasteiger charge is -2.22. The van der Waals surface area contributed by atoms with Gasteiger partial charge in [-0.2, -0.15) is 0 Å². The number of amides is 2. The van der Waals surface area contributed by atoms with Gasteiger partial charge in [0.05, 0.1) is 0 Å². The number of hydrogen-bond acceptors (Lipinski definition) is 2. The molecule has 0 saturated carbocycles. The number of hydrogen-bond donors (Lipinski definition) is 2. The normalized spacial score (nSPS) is 11.4. The van der Waals surface area contributed by atoms with Crippen LogP contribution in [0.25, 0.3) is 0 Å². The predicted molar refractivity (Wildman–Crippen MR) is 77.5 cm³/mol. The van der Waals surface area contributed by atoms with Gasteiger partial charge in [-0.25, -0.2) is 4.79 Å². The average Bonchev–Trinajstić information content (AvgIpc) is 2.38. The molecule has 5 heteroatoms. The van der Waals surface area contributed by atoms with E-state index < -0.39 is 12.0 Å². The van der Waals surface area contributed by atoms with Crippen LogP contribution in [0.5, 0.6) is 0 Å². The molecule has 0 spiro atoms. The molecule has 1 aromatic rings. The van der Waals surface area contributed by atoms with Gasteiger partial charge in [0, 0.05) is 12.6 Å². The lowest BCUT2D eigenvalue weighted by Crippen LogP contribution is -2.46. The van der Waals surface area contributed by atoms with Gasteiger partial charge < -0.3 is 15.3 Å². The minimum Gasteiger partial charge on any atom is -0.480 e. The first-order valence-corrected chi connectivity index (χ1v) is 6.45. The van der Waals surface area contributed by atoms with Crippen LogP contribution in [-0.4, -0.2) is 41.1 Å². The monoisotopic (exact) mass is 276 g/mol. The van der Waals surface area contributed by atoms with E-state index in [9.17, 15) is 9.59 Å². The summed E-state index contributed by atoms with van der Waals surface area (Å²) in [4.78, 5) is 23.9. The molecule has 20 heavy (non-hydrogen) atoms. The molecule has 0 heterocycles. The van der Waals surface area contributed by atoms with Crippen molar-refractivity contribution in [3.63, 3.8) is 0 Å². The quantitative estimate of drug-likeness (QED) is 0.747. The number of carboxylic acids is 1. The van der Waals surface area contributed by atoms with Crippen LogP contribution in [0, 0.1) is 0 Å². The van der Waals surface area contributed by atoms with Crippen LogP contribution in [0.3, 0.4) is 0 Å². The molecule has 0 bridgehead atoms. The third-order valence-electron chi connectivity index (χ3n) is 2.72. The summed E-state index contributed by atoms with van der Waals surface area (Å²) in [6.07, 6.45) is 2.20. The zero-order chi connectivity index (χ0) is 15.0. The first-order chi connectivity index (χ1) is 9.52. The van der Waals surface area contributed by atoms with E-state index >= 15 is 0 Å². The minimum atomic E-state index is -1.04. The van der Waals surface area contributed by atoms with Gasteiger partial charge in [0.25, 0.3) is 0 Å². The van der Waals surface area contributed by atoms with E-state index in [2.05, 4.69) is 11.9 Å². The molecule has 0 aromatic heterocycles. The number of urea groups is 1. The zero-order valence-electron chi connectivity index (χ0n) is 11.6. The number of aliphatic carboxylic acids is 1. The van der Waals surface area contributed by atoms with Gasteiger partial charge in [-0.1, -0.05) is 36.4 Å². The highest BCUT2D eigenvalue weighted by Gasteiger charge is 2.17. The zero-order valence-corrected chi connectivity index (χ0v) is 11.6. The van der Waals surface area contributed by atoms with Gasteiger partial charge in [0.1, 0.15) is 6.54 Å². The molecule has 2 N–H and O–H groups in total. The largest absolute Gasteiger partial charge is 0.480 e. The fraction of sp³-hybridized carbons (Fsp3) is 0.333. The minimum absolute atomic E-state index is 0.0778. The molecule has 0 radical (unpaired) electrons. The molecule has 2 amide bonds. The molecular formula is C15H20N2O3. The van der Waals surface area contributed by atoms with E-state index in [-0.39, 0.29) is 19.1 Å². The van der Waals surface area contributed by atoms with Crippen LogP contribution in [0.15, 0.2) is 43.0 Å². The van der Waals surface area contributed by atoms with Crippen LogP contribution in [-0.2, 0) is 11.2 Å². The number of nitrogens with zero attached hydrogens (tertiary/aromatic N) is 1. The summed E-state index contributed by atoms with van der Waals surface area (Å²) in [7, 11) is 0. The summed E-state index contributed by atoms with van der Waals surface area (Å²) in [5.41, 5.74) is 1.12. The maximum absolute atomic E-state index is 12.0. The molecule has 1 aromatic carbocycles. The van der Waals surface area contributed by atoms with E-state index in [1.807, 2.05) is 37.3 Å². The molecule has 1 unspecified atom stereocenters. The summed E-state index contributed by atoms with van der Waals surface area (Å²) in [6.45, 7) is 5.28. The molecule has 108 valence electrons. The number of rotatable bonds is 7. The third kappa shape index (κ3) is 5.56. The number of carbonyl (C=O) groups is 2. The highest BCUT2D eigenvalue weighted by atomic mass is 16.4. The molecule has 0 aliphatic heterocycles. The highest BCUT2D eigenvalue weighted by Crippen LogP contribution is 2.03. The topological polar surface area (TPSA) is 69.6 Å². The summed E-state index contributed by atoms with van der Waals surface area (Å²) >= 11 is 0. The Labute approximate surface area is 118 Å². The van der Waals surface area contributed by atoms with E-state index in [0.29, 0.717) is 6.42 Å². The van der Waals surface area contributed by atoms with Gasteiger partial charge in [-0.3, -0.25) is 4.79 Å². The predicted octanol–water partition coefficient (Wildman–Crippen LogP) is 1.90. The van der Waals surface area contributed by atoms with E-state index in [4.69, 9.17) is 5.11 Å². The average molecular weight is 276 g/mol. The Hall–Kier alpha value is -2.30. The van der Waals surface area contributed by atoms with Gasteiger partial charge >= 0.3 is 12.0 Å². The smallest absolute Gasteiger partial charge is 0.323 e. The fourth-order valence-corrected chi connectivity index (χ4v) is 1.86. The van der Waals surface area contributed by atoms with Crippen LogP contribution < -0.4 is 5.32 Å². The van der Waals surface area contributed by atoms with Crippen molar-refractivity contribution >= 4 is 12.0 Å². The maximum atomic E-state index is 12.0. The van der Waals surface area contributed by atoms with Crippen molar-refractivity contribution in [2.24, 2.45) is 0 Å². The second kappa shape index (κ2) is 7.99. The van der Waals surface area contributed by atoms with Crippen LogP contribution in [0.4, 0.5) is 4.79 Å².